The number of nitrogens with zero attached hydrogens (tertiary/aromatic N) is 1. The minimum Gasteiger partial charge on any atom is -0.359 e. The van der Waals surface area contributed by atoms with Crippen molar-refractivity contribution in [1.82, 2.24) is 9.97 Å². The van der Waals surface area contributed by atoms with E-state index in [9.17, 15) is 18.0 Å². The fraction of sp³-hybridized carbons (Fsp3) is 0.0476. The molecular formula is C21H15F3N4O. The number of urea groups is 1. The summed E-state index contributed by atoms with van der Waals surface area (Å²) in [6, 6.07) is 12.9. The second-order valence-corrected chi connectivity index (χ2v) is 6.36. The predicted octanol–water partition coefficient (Wildman–Crippen LogP) is 5.89. The fourth-order valence-electron chi connectivity index (χ4n) is 2.98. The summed E-state index contributed by atoms with van der Waals surface area (Å²) in [6.45, 7) is 0. The van der Waals surface area contributed by atoms with Gasteiger partial charge in [0.1, 0.15) is 0 Å². The van der Waals surface area contributed by atoms with Gasteiger partial charge in [-0.1, -0.05) is 12.1 Å². The third-order valence-electron chi connectivity index (χ3n) is 4.41. The summed E-state index contributed by atoms with van der Waals surface area (Å²) < 4.78 is 37.8. The fourth-order valence-corrected chi connectivity index (χ4v) is 2.98. The first-order valence-electron chi connectivity index (χ1n) is 8.67. The molecule has 0 fully saturated rings. The van der Waals surface area contributed by atoms with Gasteiger partial charge >= 0.3 is 12.2 Å². The molecule has 4 rings (SSSR count). The molecule has 0 aliphatic heterocycles. The third kappa shape index (κ3) is 4.06. The maximum atomic E-state index is 12.6. The van der Waals surface area contributed by atoms with Crippen LogP contribution in [0.2, 0.25) is 0 Å². The van der Waals surface area contributed by atoms with Gasteiger partial charge in [0.15, 0.2) is 0 Å². The average molecular weight is 396 g/mol. The van der Waals surface area contributed by atoms with E-state index in [0.717, 1.165) is 34.2 Å². The van der Waals surface area contributed by atoms with E-state index < -0.39 is 17.8 Å². The summed E-state index contributed by atoms with van der Waals surface area (Å²) in [5.41, 5.74) is 2.96. The van der Waals surface area contributed by atoms with Crippen LogP contribution in [0.5, 0.6) is 0 Å². The number of pyridine rings is 1. The van der Waals surface area contributed by atoms with Crippen LogP contribution in [0.1, 0.15) is 5.56 Å². The highest BCUT2D eigenvalue weighted by Crippen LogP contribution is 2.30. The Bertz CT molecular complexity index is 1150. The zero-order chi connectivity index (χ0) is 20.4. The van der Waals surface area contributed by atoms with Crippen LogP contribution in [0.3, 0.4) is 0 Å². The standard InChI is InChI=1S/C21H15F3N4O/c22-21(23,24)14-3-7-16(8-4-14)28-20(29)27-15-5-1-13(2-6-15)18-11-26-19-12-25-10-9-17(18)19/h1-12,26H,(H2,27,28,29). The van der Waals surface area contributed by atoms with E-state index in [0.29, 0.717) is 5.69 Å². The van der Waals surface area contributed by atoms with E-state index in [4.69, 9.17) is 0 Å². The molecule has 2 aromatic heterocycles. The first kappa shape index (κ1) is 18.5. The van der Waals surface area contributed by atoms with Crippen LogP contribution < -0.4 is 10.6 Å². The number of hydrogen-bond acceptors (Lipinski definition) is 2. The number of nitrogens with one attached hydrogen (secondary N) is 3. The zero-order valence-corrected chi connectivity index (χ0v) is 14.9. The Hall–Kier alpha value is -3.81. The van der Waals surface area contributed by atoms with E-state index in [1.807, 2.05) is 24.4 Å². The van der Waals surface area contributed by atoms with Crippen molar-refractivity contribution in [3.8, 4) is 11.1 Å². The first-order valence-corrected chi connectivity index (χ1v) is 8.67. The second kappa shape index (κ2) is 7.31. The number of H-pyrrole nitrogens is 1. The molecule has 0 saturated carbocycles. The number of anilines is 2. The SMILES string of the molecule is O=C(Nc1ccc(-c2c[nH]c3cnccc23)cc1)Nc1ccc(C(F)(F)F)cc1. The van der Waals surface area contributed by atoms with Crippen LogP contribution >= 0.6 is 0 Å². The topological polar surface area (TPSA) is 69.8 Å². The largest absolute Gasteiger partial charge is 0.416 e. The van der Waals surface area contributed by atoms with Crippen LogP contribution in [0.15, 0.2) is 73.2 Å². The number of carbonyl (C=O) groups excluding carboxylic acids is 1. The summed E-state index contributed by atoms with van der Waals surface area (Å²) in [4.78, 5) is 19.3. The molecule has 0 atom stereocenters. The number of fused-ring (bicyclic) bond motifs is 1. The Morgan fingerprint density at radius 2 is 1.52 bits per heavy atom. The number of benzene rings is 2. The minimum absolute atomic E-state index is 0.263. The van der Waals surface area contributed by atoms with Crippen molar-refractivity contribution >= 4 is 28.3 Å². The summed E-state index contributed by atoms with van der Waals surface area (Å²) in [5.74, 6) is 0. The molecule has 2 amide bonds. The Labute approximate surface area is 163 Å². The van der Waals surface area contributed by atoms with Crippen LogP contribution in [0.4, 0.5) is 29.3 Å². The highest BCUT2D eigenvalue weighted by Gasteiger charge is 2.29. The lowest BCUT2D eigenvalue weighted by molar-refractivity contribution is -0.137. The van der Waals surface area contributed by atoms with Gasteiger partial charge in [0.25, 0.3) is 0 Å². The lowest BCUT2D eigenvalue weighted by Crippen LogP contribution is -2.19. The van der Waals surface area contributed by atoms with Crippen molar-refractivity contribution in [2.24, 2.45) is 0 Å². The molecule has 5 nitrogen and oxygen atoms in total. The number of aromatic nitrogens is 2. The Morgan fingerprint density at radius 3 is 2.14 bits per heavy atom. The van der Waals surface area contributed by atoms with Crippen molar-refractivity contribution in [1.29, 1.82) is 0 Å². The number of aromatic amines is 1. The third-order valence-corrected chi connectivity index (χ3v) is 4.41. The number of rotatable bonds is 3. The number of halogens is 3. The highest BCUT2D eigenvalue weighted by molar-refractivity contribution is 6.00. The molecule has 0 bridgehead atoms. The summed E-state index contributed by atoms with van der Waals surface area (Å²) in [5, 5.41) is 6.20. The molecule has 0 spiro atoms. The van der Waals surface area contributed by atoms with Crippen molar-refractivity contribution in [3.05, 3.63) is 78.8 Å². The lowest BCUT2D eigenvalue weighted by Gasteiger charge is -2.10. The normalized spacial score (nSPS) is 11.4. The summed E-state index contributed by atoms with van der Waals surface area (Å²) in [6.07, 6.45) is 0.956. The number of alkyl halides is 3. The van der Waals surface area contributed by atoms with Gasteiger partial charge in [-0.25, -0.2) is 4.79 Å². The van der Waals surface area contributed by atoms with Gasteiger partial charge in [0.05, 0.1) is 17.3 Å². The van der Waals surface area contributed by atoms with Gasteiger partial charge in [-0.3, -0.25) is 4.98 Å². The molecule has 0 unspecified atom stereocenters. The van der Waals surface area contributed by atoms with Crippen LogP contribution in [-0.2, 0) is 6.18 Å². The molecule has 29 heavy (non-hydrogen) atoms. The van der Waals surface area contributed by atoms with Crippen LogP contribution in [0.25, 0.3) is 22.0 Å². The van der Waals surface area contributed by atoms with Crippen molar-refractivity contribution < 1.29 is 18.0 Å². The monoisotopic (exact) mass is 396 g/mol. The quantitative estimate of drug-likeness (QED) is 0.404. The van der Waals surface area contributed by atoms with Gasteiger partial charge in [0, 0.05) is 34.7 Å². The molecule has 2 heterocycles. The molecule has 0 aliphatic carbocycles. The van der Waals surface area contributed by atoms with Crippen LogP contribution in [0, 0.1) is 0 Å². The number of hydrogen-bond donors (Lipinski definition) is 3. The average Bonchev–Trinajstić information content (AvgIpc) is 3.12. The number of carbonyl (C=O) groups is 1. The smallest absolute Gasteiger partial charge is 0.359 e. The number of amides is 2. The molecule has 8 heteroatoms. The predicted molar refractivity (Wildman–Crippen MR) is 106 cm³/mol. The Morgan fingerprint density at radius 1 is 0.897 bits per heavy atom. The zero-order valence-electron chi connectivity index (χ0n) is 14.9. The molecule has 0 saturated heterocycles. The van der Waals surface area contributed by atoms with E-state index >= 15 is 0 Å². The molecule has 3 N–H and O–H groups in total. The summed E-state index contributed by atoms with van der Waals surface area (Å²) in [7, 11) is 0. The van der Waals surface area contributed by atoms with Crippen LogP contribution in [-0.4, -0.2) is 16.0 Å². The maximum absolute atomic E-state index is 12.6. The van der Waals surface area contributed by atoms with Gasteiger partial charge in [0.2, 0.25) is 0 Å². The highest BCUT2D eigenvalue weighted by atomic mass is 19.4. The van der Waals surface area contributed by atoms with E-state index in [2.05, 4.69) is 20.6 Å². The molecule has 4 aromatic rings. The molecule has 0 aliphatic rings. The van der Waals surface area contributed by atoms with E-state index in [1.54, 1.807) is 24.5 Å². The van der Waals surface area contributed by atoms with E-state index in [-0.39, 0.29) is 5.69 Å². The van der Waals surface area contributed by atoms with Crippen molar-refractivity contribution in [3.63, 3.8) is 0 Å². The first-order chi connectivity index (χ1) is 13.9. The van der Waals surface area contributed by atoms with Crippen molar-refractivity contribution in [2.75, 3.05) is 10.6 Å². The summed E-state index contributed by atoms with van der Waals surface area (Å²) >= 11 is 0. The minimum atomic E-state index is -4.41. The Balaban J connectivity index is 1.43. The Kier molecular flexibility index (Phi) is 4.67. The van der Waals surface area contributed by atoms with Gasteiger partial charge in [-0.15, -0.1) is 0 Å². The maximum Gasteiger partial charge on any atom is 0.416 e. The van der Waals surface area contributed by atoms with Gasteiger partial charge in [-0.05, 0) is 48.0 Å². The van der Waals surface area contributed by atoms with Gasteiger partial charge in [-0.2, -0.15) is 13.2 Å². The molecular weight excluding hydrogens is 381 g/mol. The lowest BCUT2D eigenvalue weighted by atomic mass is 10.1. The molecule has 2 aromatic carbocycles. The van der Waals surface area contributed by atoms with E-state index in [1.165, 1.54) is 12.1 Å². The van der Waals surface area contributed by atoms with Gasteiger partial charge < -0.3 is 15.6 Å². The molecule has 146 valence electrons. The van der Waals surface area contributed by atoms with Crippen molar-refractivity contribution in [2.45, 2.75) is 6.18 Å². The molecule has 0 radical (unpaired) electrons. The second-order valence-electron chi connectivity index (χ2n) is 6.36.